The van der Waals surface area contributed by atoms with E-state index in [1.807, 2.05) is 0 Å². The molecular weight excluding hydrogens is 160 g/mol. The number of carbonyl (C=O) groups excluding carboxylic acids is 1. The van der Waals surface area contributed by atoms with E-state index < -0.39 is 0 Å². The van der Waals surface area contributed by atoms with Crippen LogP contribution in [-0.4, -0.2) is 6.29 Å². The number of fused-ring (bicyclic) bond motifs is 3. The zero-order valence-corrected chi connectivity index (χ0v) is 7.44. The Balaban J connectivity index is 2.05. The highest BCUT2D eigenvalue weighted by Crippen LogP contribution is 2.58. The molecule has 0 spiro atoms. The lowest BCUT2D eigenvalue weighted by atomic mass is 9.92. The Bertz CT molecular complexity index is 356. The number of rotatable bonds is 1. The number of aryl methyl sites for hydroxylation is 1. The van der Waals surface area contributed by atoms with Crippen LogP contribution in [0.4, 0.5) is 0 Å². The van der Waals surface area contributed by atoms with Crippen LogP contribution in [0.3, 0.4) is 0 Å². The predicted octanol–water partition coefficient (Wildman–Crippen LogP) is 2.16. The van der Waals surface area contributed by atoms with Gasteiger partial charge in [-0.25, -0.2) is 0 Å². The van der Waals surface area contributed by atoms with Gasteiger partial charge in [-0.15, -0.1) is 0 Å². The topological polar surface area (TPSA) is 17.1 Å². The zero-order chi connectivity index (χ0) is 8.84. The van der Waals surface area contributed by atoms with Crippen molar-refractivity contribution in [1.82, 2.24) is 0 Å². The summed E-state index contributed by atoms with van der Waals surface area (Å²) in [5.41, 5.74) is 2.91. The first-order chi connectivity index (χ1) is 6.42. The van der Waals surface area contributed by atoms with Gasteiger partial charge in [0.05, 0.1) is 0 Å². The van der Waals surface area contributed by atoms with E-state index in [2.05, 4.69) is 24.3 Å². The molecule has 2 aliphatic rings. The quantitative estimate of drug-likeness (QED) is 0.593. The molecule has 0 saturated heterocycles. The lowest BCUT2D eigenvalue weighted by Gasteiger charge is -2.13. The number of carbonyl (C=O) groups is 1. The van der Waals surface area contributed by atoms with E-state index in [-0.39, 0.29) is 0 Å². The minimum Gasteiger partial charge on any atom is -0.303 e. The first-order valence-electron chi connectivity index (χ1n) is 4.95. The van der Waals surface area contributed by atoms with Crippen molar-refractivity contribution in [2.45, 2.75) is 18.8 Å². The van der Waals surface area contributed by atoms with Crippen LogP contribution in [0.2, 0.25) is 0 Å². The summed E-state index contributed by atoms with van der Waals surface area (Å²) in [5.74, 6) is 1.58. The maximum atomic E-state index is 10.7. The molecule has 0 aromatic heterocycles. The Morgan fingerprint density at radius 2 is 2.15 bits per heavy atom. The molecule has 2 aliphatic carbocycles. The monoisotopic (exact) mass is 172 g/mol. The van der Waals surface area contributed by atoms with Crippen LogP contribution in [0, 0.1) is 11.8 Å². The van der Waals surface area contributed by atoms with Crippen LogP contribution in [0.25, 0.3) is 0 Å². The molecule has 1 nitrogen and oxygen atoms in total. The maximum Gasteiger partial charge on any atom is 0.123 e. The van der Waals surface area contributed by atoms with Gasteiger partial charge in [0.1, 0.15) is 6.29 Å². The van der Waals surface area contributed by atoms with Crippen molar-refractivity contribution in [3.8, 4) is 0 Å². The van der Waals surface area contributed by atoms with Crippen molar-refractivity contribution >= 4 is 6.29 Å². The molecule has 0 radical (unpaired) electrons. The van der Waals surface area contributed by atoms with Gasteiger partial charge in [-0.1, -0.05) is 24.3 Å². The molecule has 1 aromatic carbocycles. The third kappa shape index (κ3) is 0.902. The van der Waals surface area contributed by atoms with E-state index in [4.69, 9.17) is 0 Å². The summed E-state index contributed by atoms with van der Waals surface area (Å²) >= 11 is 0. The molecule has 0 unspecified atom stereocenters. The molecule has 0 N–H and O–H groups in total. The predicted molar refractivity (Wildman–Crippen MR) is 50.5 cm³/mol. The van der Waals surface area contributed by atoms with Crippen LogP contribution in [0.5, 0.6) is 0 Å². The number of aldehydes is 1. The van der Waals surface area contributed by atoms with Gasteiger partial charge in [-0.3, -0.25) is 0 Å². The Morgan fingerprint density at radius 1 is 1.31 bits per heavy atom. The molecule has 66 valence electrons. The largest absolute Gasteiger partial charge is 0.303 e. The fourth-order valence-electron chi connectivity index (χ4n) is 2.81. The minimum absolute atomic E-state index is 0.337. The molecule has 1 heteroatoms. The van der Waals surface area contributed by atoms with Crippen LogP contribution < -0.4 is 0 Å². The molecule has 1 aromatic rings. The maximum absolute atomic E-state index is 10.7. The third-order valence-corrected chi connectivity index (χ3v) is 3.55. The SMILES string of the molecule is O=C[C@@H]1[C@H]2CCc3ccccc3[C@@H]12. The standard InChI is InChI=1S/C12H12O/c13-7-11-10-6-5-8-3-1-2-4-9(8)12(10)11/h1-4,7,10-12H,5-6H2/t10-,11-,12-/m1/s1. The van der Waals surface area contributed by atoms with Gasteiger partial charge in [0.15, 0.2) is 0 Å². The summed E-state index contributed by atoms with van der Waals surface area (Å²) in [5, 5.41) is 0. The van der Waals surface area contributed by atoms with Crippen molar-refractivity contribution in [3.05, 3.63) is 35.4 Å². The third-order valence-electron chi connectivity index (χ3n) is 3.55. The van der Waals surface area contributed by atoms with E-state index in [1.54, 1.807) is 0 Å². The molecule has 0 heterocycles. The van der Waals surface area contributed by atoms with Gasteiger partial charge in [0.25, 0.3) is 0 Å². The van der Waals surface area contributed by atoms with Crippen LogP contribution in [0.15, 0.2) is 24.3 Å². The molecule has 13 heavy (non-hydrogen) atoms. The molecule has 1 saturated carbocycles. The lowest BCUT2D eigenvalue weighted by Crippen LogP contribution is -2.00. The van der Waals surface area contributed by atoms with E-state index in [0.717, 1.165) is 6.29 Å². The van der Waals surface area contributed by atoms with E-state index in [9.17, 15) is 4.79 Å². The van der Waals surface area contributed by atoms with Gasteiger partial charge >= 0.3 is 0 Å². The number of benzene rings is 1. The normalized spacial score (nSPS) is 34.6. The van der Waals surface area contributed by atoms with Crippen LogP contribution in [-0.2, 0) is 11.2 Å². The van der Waals surface area contributed by atoms with Gasteiger partial charge in [-0.2, -0.15) is 0 Å². The molecule has 3 rings (SSSR count). The van der Waals surface area contributed by atoms with Gasteiger partial charge in [0.2, 0.25) is 0 Å². The fourth-order valence-corrected chi connectivity index (χ4v) is 2.81. The molecule has 0 bridgehead atoms. The van der Waals surface area contributed by atoms with Gasteiger partial charge in [-0.05, 0) is 35.8 Å². The number of hydrogen-bond acceptors (Lipinski definition) is 1. The summed E-state index contributed by atoms with van der Waals surface area (Å²) in [4.78, 5) is 10.7. The Morgan fingerprint density at radius 3 is 3.00 bits per heavy atom. The molecule has 0 aliphatic heterocycles. The molecule has 1 fully saturated rings. The van der Waals surface area contributed by atoms with E-state index in [1.165, 1.54) is 24.0 Å². The minimum atomic E-state index is 0.337. The highest BCUT2D eigenvalue weighted by molar-refractivity contribution is 5.64. The zero-order valence-electron chi connectivity index (χ0n) is 7.44. The Hall–Kier alpha value is -1.11. The summed E-state index contributed by atoms with van der Waals surface area (Å²) in [7, 11) is 0. The average molecular weight is 172 g/mol. The second-order valence-electron chi connectivity index (χ2n) is 4.14. The highest BCUT2D eigenvalue weighted by atomic mass is 16.1. The fraction of sp³-hybridized carbons (Fsp3) is 0.417. The van der Waals surface area contributed by atoms with E-state index in [0.29, 0.717) is 17.8 Å². The van der Waals surface area contributed by atoms with Gasteiger partial charge in [0, 0.05) is 5.92 Å². The van der Waals surface area contributed by atoms with Crippen LogP contribution >= 0.6 is 0 Å². The van der Waals surface area contributed by atoms with Crippen molar-refractivity contribution in [2.24, 2.45) is 11.8 Å². The summed E-state index contributed by atoms with van der Waals surface area (Å²) in [6, 6.07) is 8.57. The molecular formula is C12H12O. The Kier molecular flexibility index (Phi) is 1.37. The highest BCUT2D eigenvalue weighted by Gasteiger charge is 2.52. The summed E-state index contributed by atoms with van der Waals surface area (Å²) < 4.78 is 0. The first kappa shape index (κ1) is 7.31. The first-order valence-corrected chi connectivity index (χ1v) is 4.95. The summed E-state index contributed by atoms with van der Waals surface area (Å²) in [6.45, 7) is 0. The van der Waals surface area contributed by atoms with Gasteiger partial charge < -0.3 is 4.79 Å². The number of hydrogen-bond donors (Lipinski definition) is 0. The molecule has 0 amide bonds. The van der Waals surface area contributed by atoms with Crippen molar-refractivity contribution in [1.29, 1.82) is 0 Å². The second kappa shape index (κ2) is 2.44. The average Bonchev–Trinajstić information content (AvgIpc) is 2.91. The smallest absolute Gasteiger partial charge is 0.123 e. The second-order valence-corrected chi connectivity index (χ2v) is 4.14. The summed E-state index contributed by atoms with van der Waals surface area (Å²) in [6.07, 6.45) is 3.53. The molecule has 3 atom stereocenters. The van der Waals surface area contributed by atoms with Crippen molar-refractivity contribution in [3.63, 3.8) is 0 Å². The van der Waals surface area contributed by atoms with Crippen molar-refractivity contribution < 1.29 is 4.79 Å². The lowest BCUT2D eigenvalue weighted by molar-refractivity contribution is -0.109. The van der Waals surface area contributed by atoms with E-state index >= 15 is 0 Å². The Labute approximate surface area is 77.8 Å². The van der Waals surface area contributed by atoms with Crippen LogP contribution in [0.1, 0.15) is 23.5 Å². The van der Waals surface area contributed by atoms with Crippen molar-refractivity contribution in [2.75, 3.05) is 0 Å².